The largest absolute Gasteiger partial charge is 0.476 e. The van der Waals surface area contributed by atoms with Crippen molar-refractivity contribution in [3.8, 4) is 0 Å². The number of pyridine rings is 2. The van der Waals surface area contributed by atoms with Crippen LogP contribution in [0.3, 0.4) is 0 Å². The number of benzene rings is 1. The molecule has 0 unspecified atom stereocenters. The van der Waals surface area contributed by atoms with Crippen molar-refractivity contribution in [3.05, 3.63) is 60.2 Å². The smallest absolute Gasteiger partial charge is 0.355 e. The van der Waals surface area contributed by atoms with E-state index >= 15 is 0 Å². The lowest BCUT2D eigenvalue weighted by atomic mass is 10.1. The molecule has 3 heterocycles. The molecule has 0 aliphatic rings. The first kappa shape index (κ1) is 15.7. The highest BCUT2D eigenvalue weighted by Gasteiger charge is 2.14. The summed E-state index contributed by atoms with van der Waals surface area (Å²) in [7, 11) is 1.77. The molecule has 2 N–H and O–H groups in total. The number of carboxylic acid groups (broad SMARTS) is 1. The second-order valence-electron chi connectivity index (χ2n) is 5.72. The third-order valence-electron chi connectivity index (χ3n) is 4.12. The van der Waals surface area contributed by atoms with E-state index < -0.39 is 5.97 Å². The van der Waals surface area contributed by atoms with Crippen molar-refractivity contribution in [3.63, 3.8) is 0 Å². The number of amides is 1. The number of carbonyl (C=O) groups is 2. The molecule has 4 rings (SSSR count). The standard InChI is InChI=1S/C18H13N5O3/c1-23-15-7-10(8-20-14(15)9-21-23)17(24)22-13-4-2-3-12-11(13)5-6-19-16(12)18(25)26/h2-9H,1H3,(H,22,24)(H,25,26). The summed E-state index contributed by atoms with van der Waals surface area (Å²) in [5.74, 6) is -1.47. The maximum atomic E-state index is 12.6. The molecule has 0 saturated carbocycles. The summed E-state index contributed by atoms with van der Waals surface area (Å²) in [5.41, 5.74) is 2.27. The Kier molecular flexibility index (Phi) is 3.58. The number of rotatable bonds is 3. The van der Waals surface area contributed by atoms with Crippen LogP contribution in [0.5, 0.6) is 0 Å². The molecule has 0 aliphatic heterocycles. The number of hydrogen-bond acceptors (Lipinski definition) is 5. The van der Waals surface area contributed by atoms with E-state index in [9.17, 15) is 14.7 Å². The van der Waals surface area contributed by atoms with Crippen molar-refractivity contribution >= 4 is 39.4 Å². The van der Waals surface area contributed by atoms with E-state index in [1.165, 1.54) is 12.4 Å². The summed E-state index contributed by atoms with van der Waals surface area (Å²) in [4.78, 5) is 32.1. The van der Waals surface area contributed by atoms with Gasteiger partial charge in [-0.05, 0) is 18.2 Å². The number of carbonyl (C=O) groups excluding carboxylic acids is 1. The van der Waals surface area contributed by atoms with E-state index in [0.29, 0.717) is 27.5 Å². The zero-order valence-electron chi connectivity index (χ0n) is 13.7. The number of anilines is 1. The van der Waals surface area contributed by atoms with E-state index in [1.807, 2.05) is 0 Å². The van der Waals surface area contributed by atoms with Gasteiger partial charge < -0.3 is 10.4 Å². The van der Waals surface area contributed by atoms with Gasteiger partial charge in [0.05, 0.1) is 17.3 Å². The highest BCUT2D eigenvalue weighted by molar-refractivity contribution is 6.12. The molecular formula is C18H13N5O3. The first-order valence-corrected chi connectivity index (χ1v) is 7.75. The molecule has 1 aromatic carbocycles. The summed E-state index contributed by atoms with van der Waals surface area (Å²) in [6.07, 6.45) is 4.52. The average molecular weight is 347 g/mol. The van der Waals surface area contributed by atoms with Crippen LogP contribution in [0.4, 0.5) is 5.69 Å². The quantitative estimate of drug-likeness (QED) is 0.589. The van der Waals surface area contributed by atoms with Gasteiger partial charge in [-0.25, -0.2) is 9.78 Å². The molecule has 0 bridgehead atoms. The molecule has 0 spiro atoms. The normalized spacial score (nSPS) is 11.0. The van der Waals surface area contributed by atoms with Crippen molar-refractivity contribution in [1.29, 1.82) is 0 Å². The van der Waals surface area contributed by atoms with E-state index in [2.05, 4.69) is 20.4 Å². The Labute approximate surface area is 147 Å². The molecule has 4 aromatic rings. The summed E-state index contributed by atoms with van der Waals surface area (Å²) in [6, 6.07) is 8.42. The maximum absolute atomic E-state index is 12.6. The predicted octanol–water partition coefficient (Wildman–Crippen LogP) is 2.47. The van der Waals surface area contributed by atoms with Crippen molar-refractivity contribution in [2.45, 2.75) is 0 Å². The molecular weight excluding hydrogens is 334 g/mol. The summed E-state index contributed by atoms with van der Waals surface area (Å²) < 4.78 is 1.64. The van der Waals surface area contributed by atoms with E-state index in [0.717, 1.165) is 5.52 Å². The third-order valence-corrected chi connectivity index (χ3v) is 4.12. The van der Waals surface area contributed by atoms with Crippen LogP contribution in [0.25, 0.3) is 21.8 Å². The van der Waals surface area contributed by atoms with Crippen LogP contribution in [-0.2, 0) is 7.05 Å². The van der Waals surface area contributed by atoms with Gasteiger partial charge in [0.25, 0.3) is 5.91 Å². The monoisotopic (exact) mass is 347 g/mol. The van der Waals surface area contributed by atoms with Crippen LogP contribution in [0, 0.1) is 0 Å². The Bertz CT molecular complexity index is 1180. The second-order valence-corrected chi connectivity index (χ2v) is 5.72. The lowest BCUT2D eigenvalue weighted by molar-refractivity contribution is 0.0692. The lowest BCUT2D eigenvalue weighted by Crippen LogP contribution is -2.13. The van der Waals surface area contributed by atoms with Gasteiger partial charge in [-0.2, -0.15) is 5.10 Å². The van der Waals surface area contributed by atoms with Gasteiger partial charge in [-0.1, -0.05) is 12.1 Å². The fourth-order valence-electron chi connectivity index (χ4n) is 2.83. The highest BCUT2D eigenvalue weighted by atomic mass is 16.4. The van der Waals surface area contributed by atoms with Gasteiger partial charge in [-0.3, -0.25) is 14.5 Å². The summed E-state index contributed by atoms with van der Waals surface area (Å²) in [5, 5.41) is 17.3. The number of aromatic carboxylic acids is 1. The minimum absolute atomic E-state index is 0.0587. The molecule has 0 saturated heterocycles. The van der Waals surface area contributed by atoms with Crippen LogP contribution in [-0.4, -0.2) is 36.7 Å². The first-order chi connectivity index (χ1) is 12.5. The number of aryl methyl sites for hydroxylation is 1. The minimum atomic E-state index is -1.12. The number of aromatic nitrogens is 4. The molecule has 0 atom stereocenters. The van der Waals surface area contributed by atoms with Crippen LogP contribution < -0.4 is 5.32 Å². The van der Waals surface area contributed by atoms with E-state index in [1.54, 1.807) is 48.3 Å². The fourth-order valence-corrected chi connectivity index (χ4v) is 2.83. The highest BCUT2D eigenvalue weighted by Crippen LogP contribution is 2.25. The molecule has 26 heavy (non-hydrogen) atoms. The third kappa shape index (κ3) is 2.53. The fraction of sp³-hybridized carbons (Fsp3) is 0.0556. The number of fused-ring (bicyclic) bond motifs is 2. The maximum Gasteiger partial charge on any atom is 0.355 e. The molecule has 0 aliphatic carbocycles. The summed E-state index contributed by atoms with van der Waals surface area (Å²) >= 11 is 0. The van der Waals surface area contributed by atoms with Crippen LogP contribution >= 0.6 is 0 Å². The predicted molar refractivity (Wildman–Crippen MR) is 95.2 cm³/mol. The molecule has 8 heteroatoms. The Morgan fingerprint density at radius 2 is 1.96 bits per heavy atom. The number of carboxylic acids is 1. The lowest BCUT2D eigenvalue weighted by Gasteiger charge is -2.10. The SMILES string of the molecule is Cn1ncc2ncc(C(=O)Nc3cccc4c(C(=O)O)nccc34)cc21. The van der Waals surface area contributed by atoms with Gasteiger partial charge in [0.15, 0.2) is 5.69 Å². The van der Waals surface area contributed by atoms with Crippen LogP contribution in [0.1, 0.15) is 20.8 Å². The second kappa shape index (κ2) is 5.92. The van der Waals surface area contributed by atoms with Gasteiger partial charge in [0.1, 0.15) is 5.52 Å². The number of nitrogens with zero attached hydrogens (tertiary/aromatic N) is 4. The molecule has 3 aromatic heterocycles. The molecule has 8 nitrogen and oxygen atoms in total. The van der Waals surface area contributed by atoms with E-state index in [-0.39, 0.29) is 11.6 Å². The van der Waals surface area contributed by atoms with Crippen molar-refractivity contribution in [2.24, 2.45) is 7.05 Å². The molecule has 128 valence electrons. The van der Waals surface area contributed by atoms with Crippen LogP contribution in [0.2, 0.25) is 0 Å². The van der Waals surface area contributed by atoms with Crippen LogP contribution in [0.15, 0.2) is 48.9 Å². The van der Waals surface area contributed by atoms with Gasteiger partial charge in [0, 0.05) is 35.9 Å². The van der Waals surface area contributed by atoms with Gasteiger partial charge in [-0.15, -0.1) is 0 Å². The van der Waals surface area contributed by atoms with E-state index in [4.69, 9.17) is 0 Å². The number of hydrogen-bond donors (Lipinski definition) is 2. The van der Waals surface area contributed by atoms with Gasteiger partial charge in [0.2, 0.25) is 0 Å². The average Bonchev–Trinajstić information content (AvgIpc) is 3.02. The molecule has 0 fully saturated rings. The summed E-state index contributed by atoms with van der Waals surface area (Å²) in [6.45, 7) is 0. The Hall–Kier alpha value is -3.81. The molecule has 1 amide bonds. The first-order valence-electron chi connectivity index (χ1n) is 7.75. The van der Waals surface area contributed by atoms with Gasteiger partial charge >= 0.3 is 5.97 Å². The topological polar surface area (TPSA) is 110 Å². The zero-order valence-corrected chi connectivity index (χ0v) is 13.7. The zero-order chi connectivity index (χ0) is 18.3. The van der Waals surface area contributed by atoms with Crippen molar-refractivity contribution in [1.82, 2.24) is 19.7 Å². The minimum Gasteiger partial charge on any atom is -0.476 e. The Morgan fingerprint density at radius 1 is 1.12 bits per heavy atom. The molecule has 0 radical (unpaired) electrons. The van der Waals surface area contributed by atoms with Crippen molar-refractivity contribution in [2.75, 3.05) is 5.32 Å². The van der Waals surface area contributed by atoms with Crippen molar-refractivity contribution < 1.29 is 14.7 Å². The Morgan fingerprint density at radius 3 is 2.77 bits per heavy atom. The Balaban J connectivity index is 1.74. The number of nitrogens with one attached hydrogen (secondary N) is 1.